The first-order chi connectivity index (χ1) is 8.61. The molecule has 4 unspecified atom stereocenters. The number of hydrogen-bond donors (Lipinski definition) is 1. The lowest BCUT2D eigenvalue weighted by Crippen LogP contribution is -2.45. The normalized spacial score (nSPS) is 44.6. The number of halogens is 1. The van der Waals surface area contributed by atoms with Gasteiger partial charge in [0.2, 0.25) is 0 Å². The van der Waals surface area contributed by atoms with Crippen LogP contribution in [-0.4, -0.2) is 37.8 Å². The lowest BCUT2D eigenvalue weighted by atomic mass is 9.76. The minimum Gasteiger partial charge on any atom is -0.309 e. The summed E-state index contributed by atoms with van der Waals surface area (Å²) in [5.74, 6) is 1.68. The first kappa shape index (κ1) is 13.0. The van der Waals surface area contributed by atoms with Crippen molar-refractivity contribution in [3.8, 4) is 0 Å². The Balaban J connectivity index is 1.95. The summed E-state index contributed by atoms with van der Waals surface area (Å²) in [7, 11) is 0. The van der Waals surface area contributed by atoms with Crippen LogP contribution < -0.4 is 0 Å². The summed E-state index contributed by atoms with van der Waals surface area (Å²) in [6.07, 6.45) is 6.29. The number of hydroxylamine groups is 2. The highest BCUT2D eigenvalue weighted by Gasteiger charge is 2.51. The van der Waals surface area contributed by atoms with Crippen LogP contribution >= 0.6 is 22.6 Å². The molecule has 1 saturated carbocycles. The summed E-state index contributed by atoms with van der Waals surface area (Å²) in [6, 6.07) is -0.156. The molecule has 2 heterocycles. The average Bonchev–Trinajstić information content (AvgIpc) is 2.57. The molecule has 0 spiro atoms. The number of urea groups is 1. The van der Waals surface area contributed by atoms with Crippen LogP contribution in [0, 0.1) is 17.8 Å². The Hall–Kier alpha value is -0.0400. The Morgan fingerprint density at radius 1 is 1.22 bits per heavy atom. The Morgan fingerprint density at radius 3 is 2.61 bits per heavy atom. The molecule has 0 aromatic carbocycles. The maximum atomic E-state index is 12.1. The van der Waals surface area contributed by atoms with Gasteiger partial charge in [0.1, 0.15) is 0 Å². The van der Waals surface area contributed by atoms with Gasteiger partial charge < -0.3 is 4.90 Å². The van der Waals surface area contributed by atoms with Crippen LogP contribution in [0.2, 0.25) is 0 Å². The summed E-state index contributed by atoms with van der Waals surface area (Å²) in [5, 5.41) is 11.1. The van der Waals surface area contributed by atoms with Crippen molar-refractivity contribution in [2.75, 3.05) is 6.54 Å². The molecule has 1 N–H and O–H groups in total. The van der Waals surface area contributed by atoms with Crippen LogP contribution in [-0.2, 0) is 0 Å². The van der Waals surface area contributed by atoms with Gasteiger partial charge in [-0.1, -0.05) is 48.8 Å². The predicted octanol–water partition coefficient (Wildman–Crippen LogP) is 3.09. The molecule has 0 aromatic heterocycles. The molecule has 3 rings (SSSR count). The number of alkyl halides is 1. The van der Waals surface area contributed by atoms with Crippen molar-refractivity contribution in [2.45, 2.75) is 49.1 Å². The summed E-state index contributed by atoms with van der Waals surface area (Å²) in [4.78, 5) is 13.9. The van der Waals surface area contributed by atoms with Crippen molar-refractivity contribution < 1.29 is 10.0 Å². The molecular weight excluding hydrogens is 343 g/mol. The number of amides is 2. The van der Waals surface area contributed by atoms with Crippen LogP contribution in [0.4, 0.5) is 4.79 Å². The average molecular weight is 364 g/mol. The molecule has 5 heteroatoms. The molecule has 3 fully saturated rings. The summed E-state index contributed by atoms with van der Waals surface area (Å²) in [5.41, 5.74) is 0. The summed E-state index contributed by atoms with van der Waals surface area (Å²) >= 11 is 2.39. The number of hydrogen-bond acceptors (Lipinski definition) is 2. The van der Waals surface area contributed by atoms with Gasteiger partial charge in [0.25, 0.3) is 0 Å². The topological polar surface area (TPSA) is 43.8 Å². The zero-order chi connectivity index (χ0) is 12.9. The van der Waals surface area contributed by atoms with Crippen molar-refractivity contribution in [2.24, 2.45) is 17.8 Å². The molecule has 18 heavy (non-hydrogen) atoms. The third kappa shape index (κ3) is 1.85. The minimum absolute atomic E-state index is 0.0304. The van der Waals surface area contributed by atoms with E-state index in [4.69, 9.17) is 0 Å². The second kappa shape index (κ2) is 4.81. The zero-order valence-corrected chi connectivity index (χ0v) is 12.9. The third-order valence-electron chi connectivity index (χ3n) is 5.17. The fraction of sp³-hybridized carbons (Fsp3) is 0.923. The van der Waals surface area contributed by atoms with Crippen LogP contribution in [0.3, 0.4) is 0 Å². The van der Waals surface area contributed by atoms with Gasteiger partial charge in [0.15, 0.2) is 0 Å². The predicted molar refractivity (Wildman–Crippen MR) is 76.6 cm³/mol. The molecule has 1 aliphatic carbocycles. The molecule has 0 aromatic rings. The van der Waals surface area contributed by atoms with Crippen molar-refractivity contribution in [3.05, 3.63) is 0 Å². The number of fused-ring (bicyclic) bond motifs is 4. The number of nitrogens with zero attached hydrogens (tertiary/aromatic N) is 2. The van der Waals surface area contributed by atoms with Gasteiger partial charge in [0, 0.05) is 6.54 Å². The fourth-order valence-corrected chi connectivity index (χ4v) is 5.14. The quantitative estimate of drug-likeness (QED) is 0.311. The van der Waals surface area contributed by atoms with Crippen molar-refractivity contribution in [3.63, 3.8) is 0 Å². The number of carbonyl (C=O) groups excluding carboxylic acids is 1. The SMILES string of the molecule is C[C@@H]1C2CCCCCC2C2CN(C(=O)N2O)C1I. The van der Waals surface area contributed by atoms with Crippen LogP contribution in [0.5, 0.6) is 0 Å². The Kier molecular flexibility index (Phi) is 3.47. The van der Waals surface area contributed by atoms with Crippen LogP contribution in [0.1, 0.15) is 39.0 Å². The van der Waals surface area contributed by atoms with E-state index in [2.05, 4.69) is 29.5 Å². The van der Waals surface area contributed by atoms with E-state index in [9.17, 15) is 10.0 Å². The van der Waals surface area contributed by atoms with E-state index in [1.807, 2.05) is 4.90 Å². The Bertz CT molecular complexity index is 352. The van der Waals surface area contributed by atoms with Crippen molar-refractivity contribution in [1.82, 2.24) is 9.96 Å². The minimum atomic E-state index is -0.186. The largest absolute Gasteiger partial charge is 0.345 e. The zero-order valence-electron chi connectivity index (χ0n) is 10.8. The summed E-state index contributed by atoms with van der Waals surface area (Å²) < 4.78 is 0.225. The molecule has 2 saturated heterocycles. The van der Waals surface area contributed by atoms with E-state index in [0.717, 1.165) is 5.06 Å². The van der Waals surface area contributed by atoms with E-state index in [0.29, 0.717) is 24.3 Å². The van der Waals surface area contributed by atoms with Crippen LogP contribution in [0.15, 0.2) is 0 Å². The van der Waals surface area contributed by atoms with Gasteiger partial charge in [-0.2, -0.15) is 0 Å². The van der Waals surface area contributed by atoms with Gasteiger partial charge in [0.05, 0.1) is 10.1 Å². The molecule has 2 amide bonds. The second-order valence-electron chi connectivity index (χ2n) is 6.04. The molecule has 2 aliphatic heterocycles. The monoisotopic (exact) mass is 364 g/mol. The molecule has 3 aliphatic rings. The highest BCUT2D eigenvalue weighted by atomic mass is 127. The molecule has 4 nitrogen and oxygen atoms in total. The molecule has 102 valence electrons. The van der Waals surface area contributed by atoms with Gasteiger partial charge in [-0.15, -0.1) is 0 Å². The highest BCUT2D eigenvalue weighted by molar-refractivity contribution is 14.1. The van der Waals surface area contributed by atoms with E-state index in [-0.39, 0.29) is 16.1 Å². The smallest absolute Gasteiger partial charge is 0.309 e. The van der Waals surface area contributed by atoms with Crippen molar-refractivity contribution >= 4 is 28.6 Å². The Labute approximate surface area is 122 Å². The van der Waals surface area contributed by atoms with E-state index in [1.54, 1.807) is 0 Å². The maximum Gasteiger partial charge on any atom is 0.345 e. The summed E-state index contributed by atoms with van der Waals surface area (Å²) in [6.45, 7) is 3.00. The highest BCUT2D eigenvalue weighted by Crippen LogP contribution is 2.46. The standard InChI is InChI=1S/C13H21IN2O2/c1-8-9-5-3-2-4-6-10(9)11-7-15(12(8)14)13(17)16(11)18/h8-12,18H,2-7H2,1H3/t8-,9?,10?,11?,12?/m1/s1. The van der Waals surface area contributed by atoms with E-state index in [1.165, 1.54) is 32.1 Å². The maximum absolute atomic E-state index is 12.1. The first-order valence-electron chi connectivity index (χ1n) is 7.04. The van der Waals surface area contributed by atoms with Gasteiger partial charge in [-0.3, -0.25) is 5.21 Å². The lowest BCUT2D eigenvalue weighted by Gasteiger charge is -2.37. The van der Waals surface area contributed by atoms with Crippen molar-refractivity contribution in [1.29, 1.82) is 0 Å². The number of carbonyl (C=O) groups is 1. The van der Waals surface area contributed by atoms with Gasteiger partial charge in [-0.25, -0.2) is 9.86 Å². The molecule has 2 bridgehead atoms. The first-order valence-corrected chi connectivity index (χ1v) is 8.28. The Morgan fingerprint density at radius 2 is 1.89 bits per heavy atom. The van der Waals surface area contributed by atoms with Gasteiger partial charge >= 0.3 is 6.03 Å². The molecular formula is C13H21IN2O2. The van der Waals surface area contributed by atoms with Crippen LogP contribution in [0.25, 0.3) is 0 Å². The van der Waals surface area contributed by atoms with E-state index < -0.39 is 0 Å². The molecule has 5 atom stereocenters. The third-order valence-corrected chi connectivity index (χ3v) is 6.97. The molecule has 0 radical (unpaired) electrons. The lowest BCUT2D eigenvalue weighted by molar-refractivity contribution is -0.0873. The van der Waals surface area contributed by atoms with E-state index >= 15 is 0 Å². The fourth-order valence-electron chi connectivity index (χ4n) is 4.14. The second-order valence-corrected chi connectivity index (χ2v) is 7.32. The number of rotatable bonds is 0. The van der Waals surface area contributed by atoms with Gasteiger partial charge in [-0.05, 0) is 30.6 Å².